The Bertz CT molecular complexity index is 265. The first-order valence-electron chi connectivity index (χ1n) is 4.82. The van der Waals surface area contributed by atoms with Gasteiger partial charge in [-0.2, -0.15) is 0 Å². The Labute approximate surface area is 78.9 Å². The average Bonchev–Trinajstić information content (AvgIpc) is 2.49. The zero-order chi connectivity index (χ0) is 9.31. The highest BCUT2D eigenvalue weighted by Gasteiger charge is 2.31. The second-order valence-corrected chi connectivity index (χ2v) is 5.69. The van der Waals surface area contributed by atoms with Gasteiger partial charge in [-0.05, 0) is 25.2 Å². The fraction of sp³-hybridized carbons (Fsp3) is 1.00. The van der Waals surface area contributed by atoms with Gasteiger partial charge in [0.15, 0.2) is 0 Å². The van der Waals surface area contributed by atoms with E-state index in [2.05, 4.69) is 0 Å². The lowest BCUT2D eigenvalue weighted by Gasteiger charge is -2.26. The highest BCUT2D eigenvalue weighted by Crippen LogP contribution is 2.29. The first-order valence-corrected chi connectivity index (χ1v) is 6.43. The van der Waals surface area contributed by atoms with Crippen LogP contribution in [0.25, 0.3) is 0 Å². The average molecular weight is 205 g/mol. The second kappa shape index (κ2) is 3.55. The molecule has 0 bridgehead atoms. The molecule has 1 heterocycles. The molecule has 0 radical (unpaired) electrons. The largest absolute Gasteiger partial charge is 0.284 e. The number of sulfonamides is 1. The van der Waals surface area contributed by atoms with Crippen molar-refractivity contribution in [2.45, 2.75) is 25.7 Å². The maximum atomic E-state index is 11.6. The SMILES string of the molecule is O=S(=O)(CC1CCC1)N1CCCO1. The van der Waals surface area contributed by atoms with E-state index in [-0.39, 0.29) is 5.75 Å². The molecule has 2 rings (SSSR count). The smallest absolute Gasteiger partial charge is 0.236 e. The van der Waals surface area contributed by atoms with Crippen molar-refractivity contribution in [3.05, 3.63) is 0 Å². The summed E-state index contributed by atoms with van der Waals surface area (Å²) in [6, 6.07) is 0. The summed E-state index contributed by atoms with van der Waals surface area (Å²) in [5, 5.41) is 0. The number of nitrogens with zero attached hydrogens (tertiary/aromatic N) is 1. The summed E-state index contributed by atoms with van der Waals surface area (Å²) >= 11 is 0. The van der Waals surface area contributed by atoms with Crippen LogP contribution in [0.3, 0.4) is 0 Å². The molecular weight excluding hydrogens is 190 g/mol. The molecule has 4 nitrogen and oxygen atoms in total. The maximum Gasteiger partial charge on any atom is 0.236 e. The van der Waals surface area contributed by atoms with Gasteiger partial charge < -0.3 is 0 Å². The molecule has 0 N–H and O–H groups in total. The van der Waals surface area contributed by atoms with Crippen LogP contribution in [0.2, 0.25) is 0 Å². The molecule has 5 heteroatoms. The van der Waals surface area contributed by atoms with Crippen molar-refractivity contribution in [3.8, 4) is 0 Å². The third-order valence-corrected chi connectivity index (χ3v) is 4.50. The minimum Gasteiger partial charge on any atom is -0.284 e. The standard InChI is InChI=1S/C8H15NO3S/c10-13(11,7-8-3-1-4-8)9-5-2-6-12-9/h8H,1-7H2. The number of hydroxylamine groups is 1. The van der Waals surface area contributed by atoms with E-state index >= 15 is 0 Å². The first kappa shape index (κ1) is 9.43. The van der Waals surface area contributed by atoms with Crippen LogP contribution in [-0.4, -0.2) is 31.8 Å². The van der Waals surface area contributed by atoms with Crippen LogP contribution in [-0.2, 0) is 14.9 Å². The van der Waals surface area contributed by atoms with Gasteiger partial charge in [-0.3, -0.25) is 4.84 Å². The van der Waals surface area contributed by atoms with Gasteiger partial charge in [-0.15, -0.1) is 0 Å². The Hall–Kier alpha value is -0.130. The molecule has 2 aliphatic rings. The fourth-order valence-electron chi connectivity index (χ4n) is 1.68. The van der Waals surface area contributed by atoms with Gasteiger partial charge in [0.2, 0.25) is 10.0 Å². The molecule has 1 saturated carbocycles. The van der Waals surface area contributed by atoms with Crippen LogP contribution >= 0.6 is 0 Å². The lowest BCUT2D eigenvalue weighted by atomic mass is 9.87. The van der Waals surface area contributed by atoms with E-state index in [0.29, 0.717) is 19.1 Å². The second-order valence-electron chi connectivity index (χ2n) is 3.79. The molecule has 0 amide bonds. The predicted octanol–water partition coefficient (Wildman–Crippen LogP) is 0.754. The monoisotopic (exact) mass is 205 g/mol. The summed E-state index contributed by atoms with van der Waals surface area (Å²) < 4.78 is 24.4. The summed E-state index contributed by atoms with van der Waals surface area (Å²) in [6.07, 6.45) is 4.13. The molecule has 0 aromatic heterocycles. The Morgan fingerprint density at radius 2 is 2.08 bits per heavy atom. The van der Waals surface area contributed by atoms with Crippen molar-refractivity contribution in [3.63, 3.8) is 0 Å². The predicted molar refractivity (Wildman–Crippen MR) is 48.4 cm³/mol. The van der Waals surface area contributed by atoms with Crippen LogP contribution in [0.1, 0.15) is 25.7 Å². The van der Waals surface area contributed by atoms with Crippen LogP contribution < -0.4 is 0 Å². The molecule has 0 atom stereocenters. The Morgan fingerprint density at radius 3 is 2.54 bits per heavy atom. The highest BCUT2D eigenvalue weighted by molar-refractivity contribution is 7.88. The van der Waals surface area contributed by atoms with Crippen LogP contribution in [0, 0.1) is 5.92 Å². The molecule has 0 aromatic rings. The summed E-state index contributed by atoms with van der Waals surface area (Å²) in [4.78, 5) is 5.03. The third-order valence-electron chi connectivity index (χ3n) is 2.70. The van der Waals surface area contributed by atoms with Crippen LogP contribution in [0.15, 0.2) is 0 Å². The van der Waals surface area contributed by atoms with Gasteiger partial charge in [0, 0.05) is 6.54 Å². The maximum absolute atomic E-state index is 11.6. The summed E-state index contributed by atoms with van der Waals surface area (Å²) in [5.41, 5.74) is 0. The summed E-state index contributed by atoms with van der Waals surface area (Å²) in [5.74, 6) is 0.668. The molecule has 76 valence electrons. The van der Waals surface area contributed by atoms with E-state index < -0.39 is 10.0 Å². The van der Waals surface area contributed by atoms with Gasteiger partial charge in [-0.25, -0.2) is 8.42 Å². The van der Waals surface area contributed by atoms with E-state index in [1.165, 1.54) is 10.9 Å². The number of hydrogen-bond acceptors (Lipinski definition) is 3. The molecule has 13 heavy (non-hydrogen) atoms. The lowest BCUT2D eigenvalue weighted by Crippen LogP contribution is -2.33. The van der Waals surface area contributed by atoms with Gasteiger partial charge >= 0.3 is 0 Å². The van der Waals surface area contributed by atoms with Crippen molar-refractivity contribution in [2.75, 3.05) is 18.9 Å². The Morgan fingerprint density at radius 1 is 1.31 bits per heavy atom. The van der Waals surface area contributed by atoms with E-state index in [1.807, 2.05) is 0 Å². The Balaban J connectivity index is 1.93. The molecule has 1 saturated heterocycles. The quantitative estimate of drug-likeness (QED) is 0.683. The minimum absolute atomic E-state index is 0.285. The summed E-state index contributed by atoms with van der Waals surface area (Å²) in [6.45, 7) is 1.08. The lowest BCUT2D eigenvalue weighted by molar-refractivity contribution is -0.0289. The van der Waals surface area contributed by atoms with Gasteiger partial charge in [0.25, 0.3) is 0 Å². The van der Waals surface area contributed by atoms with Crippen molar-refractivity contribution in [1.82, 2.24) is 4.47 Å². The van der Waals surface area contributed by atoms with Gasteiger partial charge in [0.05, 0.1) is 12.4 Å². The van der Waals surface area contributed by atoms with E-state index in [0.717, 1.165) is 19.3 Å². The van der Waals surface area contributed by atoms with Crippen molar-refractivity contribution >= 4 is 10.0 Å². The van der Waals surface area contributed by atoms with Crippen molar-refractivity contribution in [1.29, 1.82) is 0 Å². The Kier molecular flexibility index (Phi) is 2.58. The number of hydrogen-bond donors (Lipinski definition) is 0. The molecule has 1 aliphatic carbocycles. The topological polar surface area (TPSA) is 46.6 Å². The normalized spacial score (nSPS) is 26.2. The van der Waals surface area contributed by atoms with E-state index in [1.54, 1.807) is 0 Å². The van der Waals surface area contributed by atoms with Gasteiger partial charge in [0.1, 0.15) is 0 Å². The fourth-order valence-corrected chi connectivity index (χ4v) is 3.42. The number of rotatable bonds is 3. The third kappa shape index (κ3) is 2.03. The molecule has 0 aromatic carbocycles. The molecular formula is C8H15NO3S. The van der Waals surface area contributed by atoms with E-state index in [9.17, 15) is 8.42 Å². The zero-order valence-electron chi connectivity index (χ0n) is 7.61. The van der Waals surface area contributed by atoms with Crippen molar-refractivity contribution in [2.24, 2.45) is 5.92 Å². The van der Waals surface area contributed by atoms with Crippen LogP contribution in [0.5, 0.6) is 0 Å². The minimum atomic E-state index is -3.11. The van der Waals surface area contributed by atoms with E-state index in [4.69, 9.17) is 4.84 Å². The van der Waals surface area contributed by atoms with Crippen LogP contribution in [0.4, 0.5) is 0 Å². The summed E-state index contributed by atoms with van der Waals surface area (Å²) in [7, 11) is -3.11. The van der Waals surface area contributed by atoms with Crippen molar-refractivity contribution < 1.29 is 13.3 Å². The molecule has 1 aliphatic heterocycles. The molecule has 0 spiro atoms. The molecule has 2 fully saturated rings. The first-order chi connectivity index (χ1) is 6.18. The highest BCUT2D eigenvalue weighted by atomic mass is 32.2. The molecule has 0 unspecified atom stereocenters. The zero-order valence-corrected chi connectivity index (χ0v) is 8.42. The van der Waals surface area contributed by atoms with Gasteiger partial charge in [-0.1, -0.05) is 10.9 Å².